The minimum atomic E-state index is -3.37. The maximum atomic E-state index is 12.0. The van der Waals surface area contributed by atoms with Gasteiger partial charge in [0.2, 0.25) is 0 Å². The van der Waals surface area contributed by atoms with Crippen LogP contribution in [0.3, 0.4) is 0 Å². The molecule has 3 nitrogen and oxygen atoms in total. The minimum absolute atomic E-state index is 0.0861. The molecule has 0 fully saturated rings. The van der Waals surface area contributed by atoms with Gasteiger partial charge in [-0.3, -0.25) is 0 Å². The Labute approximate surface area is 103 Å². The number of aliphatic hydroxyl groups excluding tert-OH is 1. The van der Waals surface area contributed by atoms with Crippen molar-refractivity contribution in [3.8, 4) is 0 Å². The molecule has 0 saturated carbocycles. The highest BCUT2D eigenvalue weighted by atomic mass is 32.2. The van der Waals surface area contributed by atoms with Crippen molar-refractivity contribution in [2.75, 3.05) is 12.4 Å². The van der Waals surface area contributed by atoms with Crippen molar-refractivity contribution in [3.05, 3.63) is 29.3 Å². The summed E-state index contributed by atoms with van der Waals surface area (Å²) in [6.45, 7) is 7.55. The molecule has 0 aliphatic carbocycles. The van der Waals surface area contributed by atoms with E-state index in [1.165, 1.54) is 0 Å². The number of hydrogen-bond donors (Lipinski definition) is 1. The van der Waals surface area contributed by atoms with E-state index in [2.05, 4.69) is 0 Å². The molecule has 1 N–H and O–H groups in total. The largest absolute Gasteiger partial charge is 0.395 e. The number of aliphatic hydroxyl groups is 1. The predicted octanol–water partition coefficient (Wildman–Crippen LogP) is 2.06. The lowest BCUT2D eigenvalue weighted by Gasteiger charge is -2.20. The zero-order valence-corrected chi connectivity index (χ0v) is 11.6. The molecule has 0 spiro atoms. The second-order valence-electron chi connectivity index (χ2n) is 5.27. The van der Waals surface area contributed by atoms with Crippen molar-refractivity contribution < 1.29 is 13.5 Å². The first-order chi connectivity index (χ1) is 7.68. The Balaban J connectivity index is 3.35. The maximum absolute atomic E-state index is 12.0. The quantitative estimate of drug-likeness (QED) is 0.900. The Morgan fingerprint density at radius 1 is 1.24 bits per heavy atom. The lowest BCUT2D eigenvalue weighted by atomic mass is 9.87. The van der Waals surface area contributed by atoms with Gasteiger partial charge in [0.15, 0.2) is 9.84 Å². The molecule has 0 unspecified atom stereocenters. The van der Waals surface area contributed by atoms with Gasteiger partial charge in [-0.1, -0.05) is 32.9 Å². The third-order valence-electron chi connectivity index (χ3n) is 2.75. The molecule has 1 aromatic rings. The first kappa shape index (κ1) is 14.2. The Morgan fingerprint density at radius 2 is 1.82 bits per heavy atom. The molecular formula is C13H20O3S. The van der Waals surface area contributed by atoms with Crippen molar-refractivity contribution in [3.63, 3.8) is 0 Å². The summed E-state index contributed by atoms with van der Waals surface area (Å²) in [6.07, 6.45) is 0. The Kier molecular flexibility index (Phi) is 3.99. The van der Waals surface area contributed by atoms with Crippen LogP contribution in [0.1, 0.15) is 31.9 Å². The fourth-order valence-corrected chi connectivity index (χ4v) is 2.96. The van der Waals surface area contributed by atoms with Crippen LogP contribution in [0.4, 0.5) is 0 Å². The summed E-state index contributed by atoms with van der Waals surface area (Å²) in [4.78, 5) is 0.332. The van der Waals surface area contributed by atoms with E-state index >= 15 is 0 Å². The van der Waals surface area contributed by atoms with Gasteiger partial charge in [-0.2, -0.15) is 0 Å². The van der Waals surface area contributed by atoms with Gasteiger partial charge in [0.25, 0.3) is 0 Å². The van der Waals surface area contributed by atoms with E-state index in [9.17, 15) is 8.42 Å². The van der Waals surface area contributed by atoms with E-state index < -0.39 is 9.84 Å². The minimum Gasteiger partial charge on any atom is -0.395 e. The SMILES string of the molecule is Cc1ccc(C(C)(C)C)cc1S(=O)(=O)CCO. The van der Waals surface area contributed by atoms with Crippen LogP contribution in [0, 0.1) is 6.92 Å². The van der Waals surface area contributed by atoms with Crippen molar-refractivity contribution >= 4 is 9.84 Å². The summed E-state index contributed by atoms with van der Waals surface area (Å²) in [5, 5.41) is 8.80. The predicted molar refractivity (Wildman–Crippen MR) is 69.0 cm³/mol. The first-order valence-corrected chi connectivity index (χ1v) is 7.28. The standard InChI is InChI=1S/C13H20O3S/c1-10-5-6-11(13(2,3)4)9-12(10)17(15,16)8-7-14/h5-6,9,14H,7-8H2,1-4H3. The smallest absolute Gasteiger partial charge is 0.180 e. The molecule has 0 heterocycles. The van der Waals surface area contributed by atoms with Crippen LogP contribution in [-0.4, -0.2) is 25.9 Å². The summed E-state index contributed by atoms with van der Waals surface area (Å²) < 4.78 is 23.9. The van der Waals surface area contributed by atoms with Gasteiger partial charge in [0.1, 0.15) is 0 Å². The Hall–Kier alpha value is -0.870. The van der Waals surface area contributed by atoms with Crippen LogP contribution >= 0.6 is 0 Å². The molecule has 0 bridgehead atoms. The van der Waals surface area contributed by atoms with E-state index in [-0.39, 0.29) is 17.8 Å². The topological polar surface area (TPSA) is 54.4 Å². The molecule has 0 amide bonds. The molecule has 96 valence electrons. The highest BCUT2D eigenvalue weighted by Gasteiger charge is 2.20. The average molecular weight is 256 g/mol. The monoisotopic (exact) mass is 256 g/mol. The maximum Gasteiger partial charge on any atom is 0.180 e. The number of rotatable bonds is 3. The molecular weight excluding hydrogens is 236 g/mol. The number of aryl methyl sites for hydroxylation is 1. The molecule has 1 aromatic carbocycles. The fourth-order valence-electron chi connectivity index (χ4n) is 1.63. The molecule has 4 heteroatoms. The molecule has 17 heavy (non-hydrogen) atoms. The second-order valence-corrected chi connectivity index (χ2v) is 7.35. The van der Waals surface area contributed by atoms with Crippen LogP contribution in [-0.2, 0) is 15.3 Å². The second kappa shape index (κ2) is 4.78. The summed E-state index contributed by atoms with van der Waals surface area (Å²) in [5.74, 6) is -0.221. The molecule has 1 rings (SSSR count). The van der Waals surface area contributed by atoms with Crippen molar-refractivity contribution in [1.29, 1.82) is 0 Å². The molecule has 0 atom stereocenters. The lowest BCUT2D eigenvalue weighted by molar-refractivity contribution is 0.319. The van der Waals surface area contributed by atoms with Crippen molar-refractivity contribution in [2.24, 2.45) is 0 Å². The van der Waals surface area contributed by atoms with E-state index in [4.69, 9.17) is 5.11 Å². The molecule has 0 aliphatic heterocycles. The van der Waals surface area contributed by atoms with Crippen LogP contribution < -0.4 is 0 Å². The van der Waals surface area contributed by atoms with E-state index in [1.54, 1.807) is 13.0 Å². The van der Waals surface area contributed by atoms with Gasteiger partial charge in [-0.25, -0.2) is 8.42 Å². The van der Waals surface area contributed by atoms with Crippen molar-refractivity contribution in [2.45, 2.75) is 38.0 Å². The zero-order chi connectivity index (χ0) is 13.3. The molecule has 0 radical (unpaired) electrons. The first-order valence-electron chi connectivity index (χ1n) is 5.63. The van der Waals surface area contributed by atoms with E-state index in [1.807, 2.05) is 32.9 Å². The molecule has 0 aromatic heterocycles. The highest BCUT2D eigenvalue weighted by molar-refractivity contribution is 7.91. The number of sulfone groups is 1. The fraction of sp³-hybridized carbons (Fsp3) is 0.538. The van der Waals surface area contributed by atoms with Gasteiger partial charge < -0.3 is 5.11 Å². The van der Waals surface area contributed by atoms with Crippen molar-refractivity contribution in [1.82, 2.24) is 0 Å². The summed E-state index contributed by atoms with van der Waals surface area (Å²) in [6, 6.07) is 5.50. The van der Waals surface area contributed by atoms with Gasteiger partial charge in [-0.15, -0.1) is 0 Å². The zero-order valence-electron chi connectivity index (χ0n) is 10.8. The van der Waals surface area contributed by atoms with Gasteiger partial charge in [0, 0.05) is 0 Å². The van der Waals surface area contributed by atoms with E-state index in [0.717, 1.165) is 11.1 Å². The third-order valence-corrected chi connectivity index (χ3v) is 4.58. The normalized spacial score (nSPS) is 12.8. The lowest BCUT2D eigenvalue weighted by Crippen LogP contribution is -2.15. The van der Waals surface area contributed by atoms with Crippen LogP contribution in [0.15, 0.2) is 23.1 Å². The van der Waals surface area contributed by atoms with Crippen LogP contribution in [0.2, 0.25) is 0 Å². The average Bonchev–Trinajstić information content (AvgIpc) is 2.15. The third kappa shape index (κ3) is 3.30. The summed E-state index contributed by atoms with van der Waals surface area (Å²) in [5.41, 5.74) is 1.63. The van der Waals surface area contributed by atoms with Gasteiger partial charge in [0.05, 0.1) is 17.3 Å². The van der Waals surface area contributed by atoms with E-state index in [0.29, 0.717) is 4.90 Å². The van der Waals surface area contributed by atoms with Gasteiger partial charge in [-0.05, 0) is 29.5 Å². The summed E-state index contributed by atoms with van der Waals surface area (Å²) in [7, 11) is -3.37. The Morgan fingerprint density at radius 3 is 2.29 bits per heavy atom. The van der Waals surface area contributed by atoms with Gasteiger partial charge >= 0.3 is 0 Å². The Bertz CT molecular complexity index is 496. The number of benzene rings is 1. The van der Waals surface area contributed by atoms with Crippen LogP contribution in [0.25, 0.3) is 0 Å². The molecule has 0 aliphatic rings. The molecule has 0 saturated heterocycles. The number of hydrogen-bond acceptors (Lipinski definition) is 3. The summed E-state index contributed by atoms with van der Waals surface area (Å²) >= 11 is 0. The highest BCUT2D eigenvalue weighted by Crippen LogP contribution is 2.27. The van der Waals surface area contributed by atoms with Crippen LogP contribution in [0.5, 0.6) is 0 Å².